The van der Waals surface area contributed by atoms with Crippen molar-refractivity contribution in [1.29, 1.82) is 0 Å². The van der Waals surface area contributed by atoms with E-state index in [0.717, 1.165) is 5.56 Å². The van der Waals surface area contributed by atoms with Crippen molar-refractivity contribution in [3.8, 4) is 11.5 Å². The zero-order valence-electron chi connectivity index (χ0n) is 17.3. The molecule has 2 aromatic rings. The van der Waals surface area contributed by atoms with Crippen LogP contribution in [0.5, 0.6) is 11.5 Å². The average molecular weight is 370 g/mol. The van der Waals surface area contributed by atoms with Crippen molar-refractivity contribution in [2.24, 2.45) is 0 Å². The molecular formula is C23H31NO3. The molecule has 0 aliphatic carbocycles. The summed E-state index contributed by atoms with van der Waals surface area (Å²) in [7, 11) is 0. The topological polar surface area (TPSA) is 47.6 Å². The number of benzene rings is 2. The number of hydrogen-bond acceptors (Lipinski definition) is 3. The van der Waals surface area contributed by atoms with Crippen LogP contribution in [0.1, 0.15) is 69.1 Å². The van der Waals surface area contributed by atoms with Gasteiger partial charge in [-0.15, -0.1) is 0 Å². The van der Waals surface area contributed by atoms with Crippen LogP contribution in [0.3, 0.4) is 0 Å². The summed E-state index contributed by atoms with van der Waals surface area (Å²) in [5.41, 5.74) is 3.02. The first-order chi connectivity index (χ1) is 12.8. The van der Waals surface area contributed by atoms with Crippen molar-refractivity contribution in [2.75, 3.05) is 13.2 Å². The summed E-state index contributed by atoms with van der Waals surface area (Å²) < 4.78 is 11.2. The summed E-state index contributed by atoms with van der Waals surface area (Å²) in [5, 5.41) is 3.06. The molecule has 1 amide bonds. The van der Waals surface area contributed by atoms with Gasteiger partial charge in [-0.05, 0) is 55.5 Å². The summed E-state index contributed by atoms with van der Waals surface area (Å²) in [4.78, 5) is 12.7. The highest BCUT2D eigenvalue weighted by molar-refractivity contribution is 5.95. The SMILES string of the molecule is CCOc1ccc(C(=O)NC(C)c2ccc(C(C)(C)C)cc2)cc1OCC. The largest absolute Gasteiger partial charge is 0.490 e. The lowest BCUT2D eigenvalue weighted by Crippen LogP contribution is -2.26. The molecule has 0 saturated heterocycles. The number of carbonyl (C=O) groups is 1. The minimum atomic E-state index is -0.133. The van der Waals surface area contributed by atoms with Crippen LogP contribution in [0.2, 0.25) is 0 Å². The van der Waals surface area contributed by atoms with Gasteiger partial charge in [0.2, 0.25) is 0 Å². The molecule has 0 heterocycles. The molecule has 27 heavy (non-hydrogen) atoms. The molecule has 0 aromatic heterocycles. The molecule has 0 bridgehead atoms. The predicted octanol–water partition coefficient (Wildman–Crippen LogP) is 5.27. The van der Waals surface area contributed by atoms with Gasteiger partial charge in [0, 0.05) is 5.56 Å². The minimum absolute atomic E-state index is 0.0892. The van der Waals surface area contributed by atoms with Gasteiger partial charge in [-0.25, -0.2) is 0 Å². The maximum atomic E-state index is 12.7. The van der Waals surface area contributed by atoms with E-state index in [9.17, 15) is 4.79 Å². The normalized spacial score (nSPS) is 12.4. The molecule has 0 aliphatic heterocycles. The molecule has 1 N–H and O–H groups in total. The van der Waals surface area contributed by atoms with E-state index in [4.69, 9.17) is 9.47 Å². The van der Waals surface area contributed by atoms with Gasteiger partial charge in [0.15, 0.2) is 11.5 Å². The fourth-order valence-corrected chi connectivity index (χ4v) is 2.83. The van der Waals surface area contributed by atoms with Gasteiger partial charge < -0.3 is 14.8 Å². The number of amides is 1. The highest BCUT2D eigenvalue weighted by Gasteiger charge is 2.16. The van der Waals surface area contributed by atoms with Crippen LogP contribution in [0.15, 0.2) is 42.5 Å². The first-order valence-electron chi connectivity index (χ1n) is 9.57. The summed E-state index contributed by atoms with van der Waals surface area (Å²) in [6, 6.07) is 13.6. The summed E-state index contributed by atoms with van der Waals surface area (Å²) in [5.74, 6) is 1.11. The highest BCUT2D eigenvalue weighted by Crippen LogP contribution is 2.29. The van der Waals surface area contributed by atoms with Crippen molar-refractivity contribution in [1.82, 2.24) is 5.32 Å². The molecule has 0 fully saturated rings. The third-order valence-electron chi connectivity index (χ3n) is 4.43. The van der Waals surface area contributed by atoms with Gasteiger partial charge in [0.05, 0.1) is 19.3 Å². The first-order valence-corrected chi connectivity index (χ1v) is 9.57. The Bertz CT molecular complexity index is 760. The van der Waals surface area contributed by atoms with Crippen LogP contribution in [0, 0.1) is 0 Å². The van der Waals surface area contributed by atoms with Crippen LogP contribution in [-0.4, -0.2) is 19.1 Å². The Kier molecular flexibility index (Phi) is 6.89. The fraction of sp³-hybridized carbons (Fsp3) is 0.435. The van der Waals surface area contributed by atoms with E-state index in [0.29, 0.717) is 30.3 Å². The van der Waals surface area contributed by atoms with Crippen molar-refractivity contribution < 1.29 is 14.3 Å². The molecule has 2 aromatic carbocycles. The van der Waals surface area contributed by atoms with Gasteiger partial charge in [-0.2, -0.15) is 0 Å². The van der Waals surface area contributed by atoms with Crippen LogP contribution in [-0.2, 0) is 5.41 Å². The monoisotopic (exact) mass is 369 g/mol. The Morgan fingerprint density at radius 1 is 0.963 bits per heavy atom. The molecule has 1 unspecified atom stereocenters. The summed E-state index contributed by atoms with van der Waals surface area (Å²) >= 11 is 0. The molecule has 4 heteroatoms. The average Bonchev–Trinajstić information content (AvgIpc) is 2.63. The summed E-state index contributed by atoms with van der Waals surface area (Å²) in [6.07, 6.45) is 0. The lowest BCUT2D eigenvalue weighted by atomic mass is 9.86. The number of hydrogen-bond donors (Lipinski definition) is 1. The van der Waals surface area contributed by atoms with Crippen molar-refractivity contribution in [2.45, 2.75) is 53.0 Å². The van der Waals surface area contributed by atoms with E-state index in [2.05, 4.69) is 50.4 Å². The second-order valence-corrected chi connectivity index (χ2v) is 7.59. The molecule has 4 nitrogen and oxygen atoms in total. The maximum Gasteiger partial charge on any atom is 0.251 e. The molecule has 1 atom stereocenters. The van der Waals surface area contributed by atoms with Crippen LogP contribution in [0.25, 0.3) is 0 Å². The van der Waals surface area contributed by atoms with Gasteiger partial charge in [0.1, 0.15) is 0 Å². The highest BCUT2D eigenvalue weighted by atomic mass is 16.5. The minimum Gasteiger partial charge on any atom is -0.490 e. The molecule has 0 saturated carbocycles. The lowest BCUT2D eigenvalue weighted by Gasteiger charge is -2.21. The molecular weight excluding hydrogens is 338 g/mol. The van der Waals surface area contributed by atoms with Gasteiger partial charge in [-0.1, -0.05) is 45.0 Å². The third-order valence-corrected chi connectivity index (χ3v) is 4.43. The van der Waals surface area contributed by atoms with E-state index < -0.39 is 0 Å². The van der Waals surface area contributed by atoms with Crippen LogP contribution < -0.4 is 14.8 Å². The molecule has 0 spiro atoms. The van der Waals surface area contributed by atoms with Crippen molar-refractivity contribution in [3.05, 3.63) is 59.2 Å². The third kappa shape index (κ3) is 5.49. The van der Waals surface area contributed by atoms with Crippen molar-refractivity contribution in [3.63, 3.8) is 0 Å². The zero-order valence-corrected chi connectivity index (χ0v) is 17.3. The molecule has 2 rings (SSSR count). The maximum absolute atomic E-state index is 12.7. The number of rotatable bonds is 7. The second kappa shape index (κ2) is 8.94. The van der Waals surface area contributed by atoms with Crippen molar-refractivity contribution >= 4 is 5.91 Å². The Hall–Kier alpha value is -2.49. The Balaban J connectivity index is 2.12. The van der Waals surface area contributed by atoms with E-state index in [1.807, 2.05) is 20.8 Å². The number of carbonyl (C=O) groups excluding carboxylic acids is 1. The van der Waals surface area contributed by atoms with E-state index in [1.54, 1.807) is 18.2 Å². The predicted molar refractivity (Wildman–Crippen MR) is 110 cm³/mol. The van der Waals surface area contributed by atoms with Crippen LogP contribution >= 0.6 is 0 Å². The number of ether oxygens (including phenoxy) is 2. The molecule has 146 valence electrons. The Morgan fingerprint density at radius 2 is 1.56 bits per heavy atom. The van der Waals surface area contributed by atoms with E-state index in [-0.39, 0.29) is 17.4 Å². The first kappa shape index (κ1) is 20.8. The van der Waals surface area contributed by atoms with Crippen LogP contribution in [0.4, 0.5) is 0 Å². The standard InChI is InChI=1S/C23H31NO3/c1-7-26-20-14-11-18(15-21(20)27-8-2)22(25)24-16(3)17-9-12-19(13-10-17)23(4,5)6/h9-16H,7-8H2,1-6H3,(H,24,25). The second-order valence-electron chi connectivity index (χ2n) is 7.59. The van der Waals surface area contributed by atoms with Gasteiger partial charge in [0.25, 0.3) is 5.91 Å². The van der Waals surface area contributed by atoms with E-state index in [1.165, 1.54) is 5.56 Å². The Morgan fingerprint density at radius 3 is 2.11 bits per heavy atom. The summed E-state index contributed by atoms with van der Waals surface area (Å²) in [6.45, 7) is 13.4. The smallest absolute Gasteiger partial charge is 0.251 e. The van der Waals surface area contributed by atoms with Gasteiger partial charge in [-0.3, -0.25) is 4.79 Å². The van der Waals surface area contributed by atoms with Gasteiger partial charge >= 0.3 is 0 Å². The Labute approximate surface area is 162 Å². The zero-order chi connectivity index (χ0) is 20.0. The number of nitrogens with one attached hydrogen (secondary N) is 1. The van der Waals surface area contributed by atoms with E-state index >= 15 is 0 Å². The molecule has 0 radical (unpaired) electrons. The molecule has 0 aliphatic rings. The fourth-order valence-electron chi connectivity index (χ4n) is 2.83. The lowest BCUT2D eigenvalue weighted by molar-refractivity contribution is 0.0939. The quantitative estimate of drug-likeness (QED) is 0.723.